The van der Waals surface area contributed by atoms with Crippen molar-refractivity contribution >= 4 is 10.0 Å². The monoisotopic (exact) mass is 282 g/mol. The molecule has 5 heteroatoms. The van der Waals surface area contributed by atoms with Crippen LogP contribution in [0.2, 0.25) is 0 Å². The Kier molecular flexibility index (Phi) is 4.60. The smallest absolute Gasteiger partial charge is 0.240 e. The molecule has 2 rings (SSSR count). The lowest BCUT2D eigenvalue weighted by Gasteiger charge is -2.32. The van der Waals surface area contributed by atoms with Crippen molar-refractivity contribution in [3.8, 4) is 0 Å². The average molecular weight is 282 g/mol. The molecule has 0 radical (unpaired) electrons. The summed E-state index contributed by atoms with van der Waals surface area (Å²) in [6.07, 6.45) is 2.10. The lowest BCUT2D eigenvalue weighted by molar-refractivity contribution is 0.198. The number of nitrogens with one attached hydrogen (secondary N) is 1. The van der Waals surface area contributed by atoms with Crippen LogP contribution in [0.3, 0.4) is 0 Å². The minimum Gasteiger partial charge on any atom is -0.306 e. The van der Waals surface area contributed by atoms with Crippen molar-refractivity contribution in [1.82, 2.24) is 9.62 Å². The van der Waals surface area contributed by atoms with Crippen molar-refractivity contribution in [2.24, 2.45) is 5.92 Å². The fourth-order valence-corrected chi connectivity index (χ4v) is 3.87. The molecule has 0 spiro atoms. The quantitative estimate of drug-likeness (QED) is 0.914. The van der Waals surface area contributed by atoms with E-state index in [9.17, 15) is 8.42 Å². The molecule has 0 amide bonds. The normalized spacial score (nSPS) is 20.3. The molecule has 1 N–H and O–H groups in total. The van der Waals surface area contributed by atoms with Crippen LogP contribution in [-0.2, 0) is 10.0 Å². The van der Waals surface area contributed by atoms with E-state index in [0.717, 1.165) is 25.9 Å². The van der Waals surface area contributed by atoms with Crippen molar-refractivity contribution in [2.45, 2.75) is 30.7 Å². The minimum atomic E-state index is -3.39. The third-order valence-electron chi connectivity index (χ3n) is 3.86. The zero-order valence-electron chi connectivity index (χ0n) is 11.5. The number of hydrogen-bond acceptors (Lipinski definition) is 3. The summed E-state index contributed by atoms with van der Waals surface area (Å²) in [5, 5.41) is 0. The van der Waals surface area contributed by atoms with Crippen LogP contribution >= 0.6 is 0 Å². The molecule has 1 atom stereocenters. The van der Waals surface area contributed by atoms with E-state index in [2.05, 4.69) is 16.7 Å². The van der Waals surface area contributed by atoms with Gasteiger partial charge in [0.25, 0.3) is 0 Å². The van der Waals surface area contributed by atoms with Gasteiger partial charge in [0.15, 0.2) is 0 Å². The summed E-state index contributed by atoms with van der Waals surface area (Å²) in [6.45, 7) is 4.06. The van der Waals surface area contributed by atoms with Crippen LogP contribution < -0.4 is 4.72 Å². The third kappa shape index (κ3) is 3.78. The molecule has 0 saturated carbocycles. The van der Waals surface area contributed by atoms with Gasteiger partial charge in [0.05, 0.1) is 4.90 Å². The molecule has 1 aromatic carbocycles. The molecular weight excluding hydrogens is 260 g/mol. The van der Waals surface area contributed by atoms with Crippen molar-refractivity contribution < 1.29 is 8.42 Å². The van der Waals surface area contributed by atoms with Gasteiger partial charge in [-0.05, 0) is 58.0 Å². The second-order valence-corrected chi connectivity index (χ2v) is 7.08. The van der Waals surface area contributed by atoms with Crippen LogP contribution in [0.4, 0.5) is 0 Å². The number of piperidine rings is 1. The molecule has 0 bridgehead atoms. The SMILES string of the molecule is CC(NS(=O)(=O)c1ccccc1)C1CCN(C)CC1. The van der Waals surface area contributed by atoms with Gasteiger partial charge in [0.1, 0.15) is 0 Å². The maximum absolute atomic E-state index is 12.2. The van der Waals surface area contributed by atoms with Gasteiger partial charge < -0.3 is 4.90 Å². The van der Waals surface area contributed by atoms with Gasteiger partial charge in [-0.15, -0.1) is 0 Å². The molecule has 0 aliphatic carbocycles. The zero-order chi connectivity index (χ0) is 13.9. The van der Waals surface area contributed by atoms with Gasteiger partial charge in [-0.2, -0.15) is 0 Å². The van der Waals surface area contributed by atoms with Crippen LogP contribution in [0.5, 0.6) is 0 Å². The summed E-state index contributed by atoms with van der Waals surface area (Å²) in [5.74, 6) is 0.426. The van der Waals surface area contributed by atoms with E-state index in [0.29, 0.717) is 10.8 Å². The third-order valence-corrected chi connectivity index (χ3v) is 5.44. The topological polar surface area (TPSA) is 49.4 Å². The molecule has 1 aliphatic rings. The van der Waals surface area contributed by atoms with Gasteiger partial charge >= 0.3 is 0 Å². The largest absolute Gasteiger partial charge is 0.306 e. The first-order chi connectivity index (χ1) is 8.99. The number of hydrogen-bond donors (Lipinski definition) is 1. The molecule has 1 aromatic rings. The molecule has 1 heterocycles. The molecular formula is C14H22N2O2S. The summed E-state index contributed by atoms with van der Waals surface area (Å²) in [6, 6.07) is 8.55. The molecule has 0 aromatic heterocycles. The van der Waals surface area contributed by atoms with E-state index in [1.54, 1.807) is 24.3 Å². The summed E-state index contributed by atoms with van der Waals surface area (Å²) >= 11 is 0. The Morgan fingerprint density at radius 2 is 1.79 bits per heavy atom. The highest BCUT2D eigenvalue weighted by Crippen LogP contribution is 2.21. The Morgan fingerprint density at radius 1 is 1.21 bits per heavy atom. The Hall–Kier alpha value is -0.910. The highest BCUT2D eigenvalue weighted by molar-refractivity contribution is 7.89. The van der Waals surface area contributed by atoms with E-state index in [4.69, 9.17) is 0 Å². The Bertz CT molecular complexity index is 493. The van der Waals surface area contributed by atoms with Crippen molar-refractivity contribution in [3.63, 3.8) is 0 Å². The van der Waals surface area contributed by atoms with Crippen LogP contribution in [0.15, 0.2) is 35.2 Å². The number of nitrogens with zero attached hydrogens (tertiary/aromatic N) is 1. The molecule has 4 nitrogen and oxygen atoms in total. The van der Waals surface area contributed by atoms with E-state index >= 15 is 0 Å². The van der Waals surface area contributed by atoms with Gasteiger partial charge in [-0.3, -0.25) is 0 Å². The number of benzene rings is 1. The van der Waals surface area contributed by atoms with Gasteiger partial charge in [-0.1, -0.05) is 18.2 Å². The molecule has 1 fully saturated rings. The van der Waals surface area contributed by atoms with E-state index in [1.807, 2.05) is 13.0 Å². The van der Waals surface area contributed by atoms with Crippen LogP contribution in [0, 0.1) is 5.92 Å². The molecule has 19 heavy (non-hydrogen) atoms. The lowest BCUT2D eigenvalue weighted by atomic mass is 9.91. The maximum atomic E-state index is 12.2. The van der Waals surface area contributed by atoms with Crippen molar-refractivity contribution in [3.05, 3.63) is 30.3 Å². The maximum Gasteiger partial charge on any atom is 0.240 e. The summed E-state index contributed by atoms with van der Waals surface area (Å²) < 4.78 is 27.3. The van der Waals surface area contributed by atoms with Crippen LogP contribution in [-0.4, -0.2) is 39.5 Å². The predicted octanol–water partition coefficient (Wildman–Crippen LogP) is 1.70. The summed E-state index contributed by atoms with van der Waals surface area (Å²) in [7, 11) is -1.28. The zero-order valence-corrected chi connectivity index (χ0v) is 12.4. The van der Waals surface area contributed by atoms with Gasteiger partial charge in [0, 0.05) is 6.04 Å². The standard InChI is InChI=1S/C14H22N2O2S/c1-12(13-8-10-16(2)11-9-13)15-19(17,18)14-6-4-3-5-7-14/h3-7,12-13,15H,8-11H2,1-2H3. The van der Waals surface area contributed by atoms with Gasteiger partial charge in [-0.25, -0.2) is 13.1 Å². The lowest BCUT2D eigenvalue weighted by Crippen LogP contribution is -2.42. The molecule has 1 unspecified atom stereocenters. The molecule has 1 aliphatic heterocycles. The molecule has 106 valence electrons. The number of sulfonamides is 1. The summed E-state index contributed by atoms with van der Waals surface area (Å²) in [5.41, 5.74) is 0. The summed E-state index contributed by atoms with van der Waals surface area (Å²) in [4.78, 5) is 2.63. The first-order valence-corrected chi connectivity index (χ1v) is 8.23. The highest BCUT2D eigenvalue weighted by atomic mass is 32.2. The number of rotatable bonds is 4. The Morgan fingerprint density at radius 3 is 2.37 bits per heavy atom. The van der Waals surface area contributed by atoms with Crippen molar-refractivity contribution in [2.75, 3.05) is 20.1 Å². The van der Waals surface area contributed by atoms with Crippen molar-refractivity contribution in [1.29, 1.82) is 0 Å². The fraction of sp³-hybridized carbons (Fsp3) is 0.571. The Labute approximate surface area is 115 Å². The van der Waals surface area contributed by atoms with E-state index in [-0.39, 0.29) is 6.04 Å². The van der Waals surface area contributed by atoms with E-state index in [1.165, 1.54) is 0 Å². The predicted molar refractivity (Wildman–Crippen MR) is 76.4 cm³/mol. The minimum absolute atomic E-state index is 0.0149. The second-order valence-electron chi connectivity index (χ2n) is 5.36. The fourth-order valence-electron chi connectivity index (χ4n) is 2.54. The van der Waals surface area contributed by atoms with Crippen LogP contribution in [0.1, 0.15) is 19.8 Å². The Balaban J connectivity index is 2.00. The average Bonchev–Trinajstić information content (AvgIpc) is 2.40. The second kappa shape index (κ2) is 6.03. The number of likely N-dealkylation sites (tertiary alicyclic amines) is 1. The highest BCUT2D eigenvalue weighted by Gasteiger charge is 2.26. The first kappa shape index (κ1) is 14.5. The van der Waals surface area contributed by atoms with E-state index < -0.39 is 10.0 Å². The van der Waals surface area contributed by atoms with Gasteiger partial charge in [0.2, 0.25) is 10.0 Å². The van der Waals surface area contributed by atoms with Crippen LogP contribution in [0.25, 0.3) is 0 Å². The first-order valence-electron chi connectivity index (χ1n) is 6.75. The molecule has 1 saturated heterocycles.